The molecule has 0 heterocycles. The predicted molar refractivity (Wildman–Crippen MR) is 152 cm³/mol. The Morgan fingerprint density at radius 3 is 1.57 bits per heavy atom. The Bertz CT molecular complexity index is 2210. The van der Waals surface area contributed by atoms with Crippen LogP contribution >= 0.6 is 0 Å². The molecule has 0 aliphatic heterocycles. The maximum absolute atomic E-state index is 14.8. The van der Waals surface area contributed by atoms with Crippen LogP contribution in [0.15, 0.2) is 89.6 Å². The molecule has 0 bridgehead atoms. The zero-order valence-corrected chi connectivity index (χ0v) is 25.9. The van der Waals surface area contributed by atoms with Crippen molar-refractivity contribution in [2.24, 2.45) is 5.16 Å². The quantitative estimate of drug-likeness (QED) is 0.152. The lowest BCUT2D eigenvalue weighted by atomic mass is 9.85. The van der Waals surface area contributed by atoms with E-state index in [0.717, 1.165) is 0 Å². The van der Waals surface area contributed by atoms with Gasteiger partial charge >= 0.3 is 57.1 Å². The minimum Gasteiger partial charge on any atom is -0.263 e. The standard InChI is InChI=1S/C31H14F17NO3S/c32-24(33,26(36,37)28(40,41)30(44,45)46)25(34,35)27(38,39)29(42,43)31(47,48)53(50,51)52-49-23-21(19-11-5-8-15-6-1-3-9-17(15)19)13-12-20-18-10-4-2-7-16(18)14-22(20)23/h1-14H. The van der Waals surface area contributed by atoms with Gasteiger partial charge in [-0.3, -0.25) is 4.28 Å². The van der Waals surface area contributed by atoms with E-state index in [2.05, 4.69) is 9.44 Å². The van der Waals surface area contributed by atoms with Gasteiger partial charge in [-0.25, -0.2) is 0 Å². The van der Waals surface area contributed by atoms with Crippen LogP contribution < -0.4 is 0 Å². The molecule has 0 saturated carbocycles. The molecule has 4 nitrogen and oxygen atoms in total. The molecular weight excluding hydrogens is 789 g/mol. The number of hydrogen-bond donors (Lipinski definition) is 0. The van der Waals surface area contributed by atoms with Crippen molar-refractivity contribution in [3.05, 3.63) is 101 Å². The molecule has 286 valence electrons. The Kier molecular flexibility index (Phi) is 8.91. The van der Waals surface area contributed by atoms with Crippen molar-refractivity contribution in [3.8, 4) is 0 Å². The van der Waals surface area contributed by atoms with Crippen LogP contribution in [0.1, 0.15) is 16.7 Å². The van der Waals surface area contributed by atoms with Gasteiger partial charge in [0.2, 0.25) is 0 Å². The second kappa shape index (κ2) is 11.9. The Morgan fingerprint density at radius 2 is 0.962 bits per heavy atom. The van der Waals surface area contributed by atoms with Gasteiger partial charge in [0.05, 0.1) is 0 Å². The number of halogens is 17. The van der Waals surface area contributed by atoms with Crippen LogP contribution in [-0.4, -0.2) is 61.1 Å². The highest BCUT2D eigenvalue weighted by molar-refractivity contribution is 7.87. The second-order valence-corrected chi connectivity index (χ2v) is 12.8. The first kappa shape index (κ1) is 39.6. The van der Waals surface area contributed by atoms with E-state index in [1.807, 2.05) is 0 Å². The topological polar surface area (TPSA) is 55.7 Å². The average molecular weight is 803 g/mol. The lowest BCUT2D eigenvalue weighted by Crippen LogP contribution is -2.75. The molecule has 0 N–H and O–H groups in total. The van der Waals surface area contributed by atoms with Crippen molar-refractivity contribution in [1.29, 1.82) is 0 Å². The third-order valence-electron chi connectivity index (χ3n) is 8.08. The fraction of sp³-hybridized carbons (Fsp3) is 0.258. The number of fused-ring (bicyclic) bond motifs is 4. The first-order valence-corrected chi connectivity index (χ1v) is 15.4. The first-order chi connectivity index (χ1) is 24.0. The van der Waals surface area contributed by atoms with Crippen molar-refractivity contribution >= 4 is 43.8 Å². The van der Waals surface area contributed by atoms with Crippen LogP contribution in [0.2, 0.25) is 0 Å². The van der Waals surface area contributed by atoms with E-state index in [1.54, 1.807) is 18.2 Å². The van der Waals surface area contributed by atoms with Crippen molar-refractivity contribution < 1.29 is 87.3 Å². The summed E-state index contributed by atoms with van der Waals surface area (Å²) in [6.07, 6.45) is -4.08. The number of allylic oxidation sites excluding steroid dienone is 5. The van der Waals surface area contributed by atoms with Crippen molar-refractivity contribution in [2.75, 3.05) is 0 Å². The fourth-order valence-corrected chi connectivity index (χ4v) is 5.94. The highest BCUT2D eigenvalue weighted by Crippen LogP contribution is 2.64. The number of oxime groups is 1. The van der Waals surface area contributed by atoms with Gasteiger partial charge in [-0.15, -0.1) is 0 Å². The van der Waals surface area contributed by atoms with Gasteiger partial charge in [-0.1, -0.05) is 84.0 Å². The summed E-state index contributed by atoms with van der Waals surface area (Å²) in [6, 6.07) is 16.6. The molecule has 0 saturated heterocycles. The molecule has 3 aromatic rings. The summed E-state index contributed by atoms with van der Waals surface area (Å²) < 4.78 is 263. The van der Waals surface area contributed by atoms with Crippen molar-refractivity contribution in [3.63, 3.8) is 0 Å². The van der Waals surface area contributed by atoms with Gasteiger partial charge < -0.3 is 0 Å². The van der Waals surface area contributed by atoms with Gasteiger partial charge in [0.1, 0.15) is 5.71 Å². The third-order valence-corrected chi connectivity index (χ3v) is 9.24. The van der Waals surface area contributed by atoms with Gasteiger partial charge in [-0.05, 0) is 39.1 Å². The summed E-state index contributed by atoms with van der Waals surface area (Å²) in [5, 5.41) is -4.10. The van der Waals surface area contributed by atoms with Gasteiger partial charge in [0, 0.05) is 11.1 Å². The zero-order valence-electron chi connectivity index (χ0n) is 25.1. The predicted octanol–water partition coefficient (Wildman–Crippen LogP) is 10.4. The van der Waals surface area contributed by atoms with E-state index in [4.69, 9.17) is 0 Å². The molecule has 2 aliphatic rings. The molecule has 3 aromatic carbocycles. The molecule has 0 fully saturated rings. The molecule has 0 atom stereocenters. The van der Waals surface area contributed by atoms with Crippen molar-refractivity contribution in [1.82, 2.24) is 0 Å². The molecule has 0 radical (unpaired) electrons. The maximum Gasteiger partial charge on any atom is 0.460 e. The average Bonchev–Trinajstić information content (AvgIpc) is 3.44. The SMILES string of the molecule is O=S(=O)(ON=C1C2=Cc3ccccc3C2=CC=C1c1cccc2ccccc12)C(F)(F)C(F)(F)C(F)(F)C(F)(F)C(F)(F)C(F)(F)C(F)(F)C(F)(F)F. The van der Waals surface area contributed by atoms with Crippen LogP contribution in [0.4, 0.5) is 74.6 Å². The summed E-state index contributed by atoms with van der Waals surface area (Å²) >= 11 is 0. The Morgan fingerprint density at radius 1 is 0.491 bits per heavy atom. The first-order valence-electron chi connectivity index (χ1n) is 14.0. The highest BCUT2D eigenvalue weighted by Gasteiger charge is 2.96. The summed E-state index contributed by atoms with van der Waals surface area (Å²) in [6.45, 7) is 0. The lowest BCUT2D eigenvalue weighted by molar-refractivity contribution is -0.458. The van der Waals surface area contributed by atoms with Gasteiger partial charge in [0.15, 0.2) is 0 Å². The number of alkyl halides is 17. The molecule has 2 aliphatic carbocycles. The smallest absolute Gasteiger partial charge is 0.263 e. The van der Waals surface area contributed by atoms with Crippen LogP contribution in [0.3, 0.4) is 0 Å². The zero-order chi connectivity index (χ0) is 40.0. The second-order valence-electron chi connectivity index (χ2n) is 11.3. The van der Waals surface area contributed by atoms with Crippen LogP contribution in [-0.2, 0) is 14.4 Å². The molecular formula is C31H14F17NO3S. The number of rotatable bonds is 10. The monoisotopic (exact) mass is 803 g/mol. The Labute approximate surface area is 284 Å². The molecule has 0 aromatic heterocycles. The summed E-state index contributed by atoms with van der Waals surface area (Å²) in [5.41, 5.74) is -0.187. The maximum atomic E-state index is 14.8. The van der Waals surface area contributed by atoms with Crippen molar-refractivity contribution in [2.45, 2.75) is 47.0 Å². The highest BCUT2D eigenvalue weighted by atomic mass is 32.2. The molecule has 0 amide bonds. The van der Waals surface area contributed by atoms with Crippen LogP contribution in [0.5, 0.6) is 0 Å². The molecule has 0 spiro atoms. The van der Waals surface area contributed by atoms with E-state index < -0.39 is 62.8 Å². The van der Waals surface area contributed by atoms with E-state index in [0.29, 0.717) is 21.9 Å². The lowest BCUT2D eigenvalue weighted by Gasteiger charge is -2.42. The Balaban J connectivity index is 1.59. The minimum absolute atomic E-state index is 0.122. The van der Waals surface area contributed by atoms with E-state index in [-0.39, 0.29) is 22.3 Å². The van der Waals surface area contributed by atoms with Crippen LogP contribution in [0, 0.1) is 0 Å². The fourth-order valence-electron chi connectivity index (χ4n) is 5.23. The largest absolute Gasteiger partial charge is 0.460 e. The van der Waals surface area contributed by atoms with E-state index in [9.17, 15) is 83.1 Å². The molecule has 22 heteroatoms. The van der Waals surface area contributed by atoms with Crippen LogP contribution in [0.25, 0.3) is 28.0 Å². The number of nitrogens with zero attached hydrogens (tertiary/aromatic N) is 1. The van der Waals surface area contributed by atoms with E-state index >= 15 is 0 Å². The Hall–Kier alpha value is -4.63. The molecule has 53 heavy (non-hydrogen) atoms. The molecule has 0 unspecified atom stereocenters. The van der Waals surface area contributed by atoms with Gasteiger partial charge in [-0.2, -0.15) is 83.1 Å². The summed E-state index contributed by atoms with van der Waals surface area (Å²) in [7, 11) is -7.96. The van der Waals surface area contributed by atoms with E-state index in [1.165, 1.54) is 66.8 Å². The normalized spacial score (nSPS) is 17.3. The number of benzene rings is 3. The number of hydrogen-bond acceptors (Lipinski definition) is 4. The minimum atomic E-state index is -8.97. The summed E-state index contributed by atoms with van der Waals surface area (Å²) in [4.78, 5) is 0. The van der Waals surface area contributed by atoms with Gasteiger partial charge in [0.25, 0.3) is 0 Å². The third kappa shape index (κ3) is 5.40. The molecule has 5 rings (SSSR count). The summed E-state index contributed by atoms with van der Waals surface area (Å²) in [5.74, 6) is -52.4.